The van der Waals surface area contributed by atoms with Crippen molar-refractivity contribution in [1.29, 1.82) is 0 Å². The van der Waals surface area contributed by atoms with Crippen LogP contribution >= 0.6 is 0 Å². The van der Waals surface area contributed by atoms with Crippen molar-refractivity contribution in [2.24, 2.45) is 0 Å². The first-order valence-electron chi connectivity index (χ1n) is 32.3. The van der Waals surface area contributed by atoms with Gasteiger partial charge in [-0.2, -0.15) is 0 Å². The van der Waals surface area contributed by atoms with E-state index in [0.717, 1.165) is 48.4 Å². The van der Waals surface area contributed by atoms with E-state index in [1.807, 2.05) is 0 Å². The maximum absolute atomic E-state index is 2.56. The Balaban J connectivity index is 0.769. The Labute approximate surface area is 533 Å². The lowest BCUT2D eigenvalue weighted by molar-refractivity contribution is 0.928. The molecule has 0 N–H and O–H groups in total. The molecule has 0 saturated heterocycles. The van der Waals surface area contributed by atoms with Gasteiger partial charge in [0.2, 0.25) is 0 Å². The van der Waals surface area contributed by atoms with E-state index < -0.39 is 0 Å². The summed E-state index contributed by atoms with van der Waals surface area (Å²) in [5, 5.41) is 10.1. The van der Waals surface area contributed by atoms with Gasteiger partial charge in [0.1, 0.15) is 0 Å². The van der Waals surface area contributed by atoms with E-state index in [-0.39, 0.29) is 0 Å². The predicted octanol–water partition coefficient (Wildman–Crippen LogP) is 22.6. The van der Waals surface area contributed by atoms with E-state index in [1.165, 1.54) is 154 Å². The third-order valence-corrected chi connectivity index (χ3v) is 20.1. The summed E-state index contributed by atoms with van der Waals surface area (Å²) in [6.07, 6.45) is 3.37. The minimum absolute atomic E-state index is 0.842. The molecule has 14 aromatic carbocycles. The molecule has 4 heteroatoms. The van der Waals surface area contributed by atoms with Crippen molar-refractivity contribution in [3.8, 4) is 67.3 Å². The largest absolute Gasteiger partial charge is 0.309 e. The van der Waals surface area contributed by atoms with Gasteiger partial charge in [-0.25, -0.2) is 0 Å². The average molecular weight is 1170 g/mol. The lowest BCUT2D eigenvalue weighted by Crippen LogP contribution is -2.06. The Morgan fingerprint density at radius 2 is 0.315 bits per heavy atom. The van der Waals surface area contributed by atoms with Crippen molar-refractivity contribution < 1.29 is 0 Å². The zero-order valence-electron chi connectivity index (χ0n) is 50.6. The van der Waals surface area contributed by atoms with Crippen molar-refractivity contribution >= 4 is 87.2 Å². The maximum atomic E-state index is 2.56. The molecule has 4 aliphatic carbocycles. The number of hydrogen-bond acceptors (Lipinski definition) is 0. The first kappa shape index (κ1) is 52.2. The van der Waals surface area contributed by atoms with Crippen molar-refractivity contribution in [2.45, 2.75) is 25.7 Å². The molecule has 92 heavy (non-hydrogen) atoms. The quantitative estimate of drug-likeness (QED) is 0.144. The van der Waals surface area contributed by atoms with Crippen molar-refractivity contribution in [3.05, 3.63) is 338 Å². The molecule has 22 rings (SSSR count). The second kappa shape index (κ2) is 20.9. The van der Waals surface area contributed by atoms with Gasteiger partial charge in [-0.1, -0.05) is 218 Å². The third kappa shape index (κ3) is 8.23. The van der Waals surface area contributed by atoms with E-state index in [0.29, 0.717) is 0 Å². The molecule has 18 aromatic rings. The molecular formula is C88H60N4. The highest BCUT2D eigenvalue weighted by atomic mass is 15.0. The van der Waals surface area contributed by atoms with Gasteiger partial charge >= 0.3 is 0 Å². The van der Waals surface area contributed by atoms with E-state index in [9.17, 15) is 0 Å². The summed E-state index contributed by atoms with van der Waals surface area (Å²) < 4.78 is 9.70. The summed E-state index contributed by atoms with van der Waals surface area (Å²) in [6, 6.07) is 118. The Morgan fingerprint density at radius 1 is 0.163 bits per heavy atom. The zero-order valence-corrected chi connectivity index (χ0v) is 50.6. The first-order valence-corrected chi connectivity index (χ1v) is 32.3. The molecule has 4 bridgehead atoms. The topological polar surface area (TPSA) is 19.7 Å². The predicted molar refractivity (Wildman–Crippen MR) is 387 cm³/mol. The van der Waals surface area contributed by atoms with Crippen LogP contribution in [0.1, 0.15) is 22.3 Å². The van der Waals surface area contributed by atoms with Crippen LogP contribution in [0.15, 0.2) is 315 Å². The molecule has 4 aromatic heterocycles. The highest BCUT2D eigenvalue weighted by Gasteiger charge is 2.23. The van der Waals surface area contributed by atoms with Gasteiger partial charge in [0.25, 0.3) is 0 Å². The zero-order chi connectivity index (χ0) is 60.4. The first-order chi connectivity index (χ1) is 45.6. The van der Waals surface area contributed by atoms with Gasteiger partial charge in [-0.05, 0) is 190 Å². The lowest BCUT2D eigenvalue weighted by atomic mass is 9.82. The number of aromatic nitrogens is 4. The summed E-state index contributed by atoms with van der Waals surface area (Å²) in [6.45, 7) is 0. The summed E-state index contributed by atoms with van der Waals surface area (Å²) in [7, 11) is 0. The SMILES string of the molecule is c1ccc2c(c1)c1ccccc1n2-c1ccc(-c2cc3c(-c4ccc(-n5c6ccccc6c6ccccc65)cc4)cc2CCc2cc(-c4ccc(-n5c6ccccc6c6ccccc65)cc4)c(cc2-c2ccc(-n4c5ccccc5c5ccccc54)cc2)CC3)cc1. The van der Waals surface area contributed by atoms with Gasteiger partial charge in [-0.3, -0.25) is 0 Å². The van der Waals surface area contributed by atoms with E-state index in [4.69, 9.17) is 0 Å². The second-order valence-electron chi connectivity index (χ2n) is 25.0. The number of benzene rings is 14. The molecule has 0 saturated carbocycles. The molecule has 4 heterocycles. The molecular weight excluding hydrogens is 1110 g/mol. The van der Waals surface area contributed by atoms with Crippen LogP contribution in [-0.2, 0) is 25.7 Å². The Kier molecular flexibility index (Phi) is 11.9. The van der Waals surface area contributed by atoms with Gasteiger partial charge in [-0.15, -0.1) is 0 Å². The van der Waals surface area contributed by atoms with Crippen LogP contribution in [0.25, 0.3) is 154 Å². The third-order valence-electron chi connectivity index (χ3n) is 20.1. The fourth-order valence-electron chi connectivity index (χ4n) is 15.8. The minimum atomic E-state index is 0.842. The minimum Gasteiger partial charge on any atom is -0.309 e. The van der Waals surface area contributed by atoms with Crippen molar-refractivity contribution in [2.75, 3.05) is 0 Å². The fourth-order valence-corrected chi connectivity index (χ4v) is 15.8. The summed E-state index contributed by atoms with van der Waals surface area (Å²) >= 11 is 0. The molecule has 4 aliphatic rings. The maximum Gasteiger partial charge on any atom is 0.0541 e. The van der Waals surface area contributed by atoms with Crippen LogP contribution in [0.2, 0.25) is 0 Å². The van der Waals surface area contributed by atoms with Crippen LogP contribution in [0, 0.1) is 0 Å². The summed E-state index contributed by atoms with van der Waals surface area (Å²) in [4.78, 5) is 0. The van der Waals surface area contributed by atoms with Gasteiger partial charge in [0.15, 0.2) is 0 Å². The number of hydrogen-bond donors (Lipinski definition) is 0. The summed E-state index contributed by atoms with van der Waals surface area (Å²) in [5.74, 6) is 0. The number of para-hydroxylation sites is 8. The highest BCUT2D eigenvalue weighted by molar-refractivity contribution is 6.12. The van der Waals surface area contributed by atoms with Crippen LogP contribution in [0.5, 0.6) is 0 Å². The Hall–Kier alpha value is -11.7. The number of aryl methyl sites for hydroxylation is 4. The van der Waals surface area contributed by atoms with E-state index >= 15 is 0 Å². The highest BCUT2D eigenvalue weighted by Crippen LogP contribution is 2.43. The number of fused-ring (bicyclic) bond motifs is 12. The normalized spacial score (nSPS) is 12.6. The fraction of sp³-hybridized carbons (Fsp3) is 0.0455. The Morgan fingerprint density at radius 3 is 0.478 bits per heavy atom. The molecule has 4 nitrogen and oxygen atoms in total. The van der Waals surface area contributed by atoms with Crippen LogP contribution in [0.3, 0.4) is 0 Å². The van der Waals surface area contributed by atoms with Crippen molar-refractivity contribution in [1.82, 2.24) is 18.3 Å². The molecule has 432 valence electrons. The molecule has 0 spiro atoms. The van der Waals surface area contributed by atoms with Gasteiger partial charge in [0, 0.05) is 65.8 Å². The molecule has 0 radical (unpaired) electrons. The number of nitrogens with zero attached hydrogens (tertiary/aromatic N) is 4. The molecule has 0 fully saturated rings. The monoisotopic (exact) mass is 1170 g/mol. The van der Waals surface area contributed by atoms with Crippen molar-refractivity contribution in [3.63, 3.8) is 0 Å². The van der Waals surface area contributed by atoms with E-state index in [1.54, 1.807) is 0 Å². The molecule has 0 amide bonds. The van der Waals surface area contributed by atoms with E-state index in [2.05, 4.69) is 334 Å². The lowest BCUT2D eigenvalue weighted by Gasteiger charge is -2.23. The Bertz CT molecular complexity index is 5010. The number of rotatable bonds is 8. The van der Waals surface area contributed by atoms with Gasteiger partial charge in [0.05, 0.1) is 44.1 Å². The van der Waals surface area contributed by atoms with Crippen LogP contribution in [0.4, 0.5) is 0 Å². The van der Waals surface area contributed by atoms with Crippen LogP contribution in [-0.4, -0.2) is 18.3 Å². The molecule has 0 atom stereocenters. The van der Waals surface area contributed by atoms with Gasteiger partial charge < -0.3 is 18.3 Å². The molecule has 0 aliphatic heterocycles. The smallest absolute Gasteiger partial charge is 0.0541 e. The second-order valence-corrected chi connectivity index (χ2v) is 25.0. The molecule has 0 unspecified atom stereocenters. The van der Waals surface area contributed by atoms with Crippen LogP contribution < -0.4 is 0 Å². The standard InChI is InChI=1S/C88H60N4/c1-9-25-81-69(17-1)70-18-2-10-26-82(70)89(81)65-45-37-57(38-46-65)77-53-62-35-36-64-56-79(59-41-49-67(50-42-59)91-85-29-13-5-21-73(85)74-22-6-14-30-86(74)91)63(55-80(64)60-43-51-68(52-44-60)92-87-31-15-7-23-75(87)76-24-8-16-32-88(76)92)34-33-61(77)54-78(62)58-39-47-66(48-40-58)90-83-27-11-3-19-71(83)72-20-4-12-28-84(72)90/h1-32,37-56H,33-36H2. The summed E-state index contributed by atoms with van der Waals surface area (Å²) in [5.41, 5.74) is 29.9. The average Bonchev–Trinajstić information content (AvgIpc) is 1.57.